The van der Waals surface area contributed by atoms with Crippen LogP contribution in [0.5, 0.6) is 0 Å². The van der Waals surface area contributed by atoms with Crippen LogP contribution in [0.1, 0.15) is 18.7 Å². The molecule has 0 amide bonds. The van der Waals surface area contributed by atoms with Gasteiger partial charge in [-0.2, -0.15) is 0 Å². The van der Waals surface area contributed by atoms with E-state index in [0.29, 0.717) is 17.7 Å². The van der Waals surface area contributed by atoms with Crippen LogP contribution in [0.2, 0.25) is 0 Å². The van der Waals surface area contributed by atoms with Crippen molar-refractivity contribution in [1.82, 2.24) is 4.98 Å². The Morgan fingerprint density at radius 1 is 1.43 bits per heavy atom. The summed E-state index contributed by atoms with van der Waals surface area (Å²) in [6.45, 7) is 4.34. The summed E-state index contributed by atoms with van der Waals surface area (Å²) in [5, 5.41) is 0. The smallest absolute Gasteiger partial charge is 0.0794 e. The minimum atomic E-state index is 0.00957. The first-order valence-electron chi connectivity index (χ1n) is 4.64. The normalized spacial score (nSPS) is 12.4. The van der Waals surface area contributed by atoms with E-state index in [9.17, 15) is 0 Å². The number of aromatic nitrogens is 1. The molecule has 80 valence electrons. The van der Waals surface area contributed by atoms with Crippen LogP contribution in [0.3, 0.4) is 0 Å². The van der Waals surface area contributed by atoms with E-state index in [4.69, 9.17) is 23.2 Å². The largest absolute Gasteiger partial charge is 0.253 e. The summed E-state index contributed by atoms with van der Waals surface area (Å²) in [5.41, 5.74) is 1.86. The Morgan fingerprint density at radius 2 is 2.07 bits per heavy atom. The molecule has 0 aliphatic rings. The Kier molecular flexibility index (Phi) is 4.68. The predicted octanol–water partition coefficient (Wildman–Crippen LogP) is 3.81. The van der Waals surface area contributed by atoms with Crippen LogP contribution in [0.15, 0.2) is 11.7 Å². The van der Waals surface area contributed by atoms with Crippen molar-refractivity contribution < 1.29 is 0 Å². The first kappa shape index (κ1) is 12.3. The second kappa shape index (κ2) is 5.34. The number of rotatable bonds is 5. The van der Waals surface area contributed by atoms with Gasteiger partial charge >= 0.3 is 0 Å². The van der Waals surface area contributed by atoms with E-state index in [0.717, 1.165) is 6.42 Å². The molecule has 1 rings (SSSR count). The van der Waals surface area contributed by atoms with Gasteiger partial charge in [0.05, 0.1) is 5.51 Å². The summed E-state index contributed by atoms with van der Waals surface area (Å²) in [6.07, 6.45) is 2.84. The Morgan fingerprint density at radius 3 is 2.43 bits per heavy atom. The topological polar surface area (TPSA) is 12.9 Å². The highest BCUT2D eigenvalue weighted by molar-refractivity contribution is 7.09. The summed E-state index contributed by atoms with van der Waals surface area (Å²) in [7, 11) is 0. The number of halogens is 2. The van der Waals surface area contributed by atoms with Crippen molar-refractivity contribution in [2.45, 2.75) is 20.3 Å². The lowest BCUT2D eigenvalue weighted by Crippen LogP contribution is -2.33. The summed E-state index contributed by atoms with van der Waals surface area (Å²) in [4.78, 5) is 5.33. The monoisotopic (exact) mass is 251 g/mol. The highest BCUT2D eigenvalue weighted by atomic mass is 35.5. The zero-order chi connectivity index (χ0) is 10.6. The van der Waals surface area contributed by atoms with Gasteiger partial charge in [-0.25, -0.2) is 0 Å². The van der Waals surface area contributed by atoms with Crippen molar-refractivity contribution >= 4 is 34.5 Å². The SMILES string of the molecule is CC(C)C(CCl)(CCl)Cc1cncs1. The second-order valence-electron chi connectivity index (χ2n) is 3.93. The van der Waals surface area contributed by atoms with Crippen molar-refractivity contribution in [3.8, 4) is 0 Å². The van der Waals surface area contributed by atoms with Crippen LogP contribution >= 0.6 is 34.5 Å². The molecule has 0 saturated heterocycles. The van der Waals surface area contributed by atoms with E-state index in [1.165, 1.54) is 4.88 Å². The van der Waals surface area contributed by atoms with Gasteiger partial charge in [-0.15, -0.1) is 34.5 Å². The van der Waals surface area contributed by atoms with E-state index in [-0.39, 0.29) is 5.41 Å². The van der Waals surface area contributed by atoms with Crippen LogP contribution < -0.4 is 0 Å². The molecule has 0 saturated carbocycles. The lowest BCUT2D eigenvalue weighted by molar-refractivity contribution is 0.260. The average Bonchev–Trinajstić information content (AvgIpc) is 2.66. The van der Waals surface area contributed by atoms with E-state index in [1.54, 1.807) is 11.3 Å². The number of hydrogen-bond donors (Lipinski definition) is 0. The van der Waals surface area contributed by atoms with Crippen molar-refractivity contribution in [3.05, 3.63) is 16.6 Å². The van der Waals surface area contributed by atoms with Gasteiger partial charge in [-0.1, -0.05) is 13.8 Å². The standard InChI is InChI=1S/C10H15Cl2NS/c1-8(2)10(5-11,6-12)3-9-4-13-7-14-9/h4,7-8H,3,5-6H2,1-2H3. The van der Waals surface area contributed by atoms with Crippen LogP contribution in [0.25, 0.3) is 0 Å². The fourth-order valence-electron chi connectivity index (χ4n) is 1.32. The number of nitrogens with zero attached hydrogens (tertiary/aromatic N) is 1. The number of hydrogen-bond acceptors (Lipinski definition) is 2. The Labute approximate surface area is 99.5 Å². The summed E-state index contributed by atoms with van der Waals surface area (Å²) in [5.74, 6) is 1.69. The maximum absolute atomic E-state index is 6.04. The van der Waals surface area contributed by atoms with Gasteiger partial charge in [0.2, 0.25) is 0 Å². The van der Waals surface area contributed by atoms with Gasteiger partial charge in [0, 0.05) is 28.2 Å². The molecule has 4 heteroatoms. The quantitative estimate of drug-likeness (QED) is 0.726. The number of alkyl halides is 2. The van der Waals surface area contributed by atoms with E-state index in [1.807, 2.05) is 11.7 Å². The molecule has 1 aromatic heterocycles. The molecule has 0 radical (unpaired) electrons. The third-order valence-electron chi connectivity index (χ3n) is 2.77. The molecule has 14 heavy (non-hydrogen) atoms. The van der Waals surface area contributed by atoms with Gasteiger partial charge in [0.25, 0.3) is 0 Å². The third-order valence-corrected chi connectivity index (χ3v) is 4.61. The van der Waals surface area contributed by atoms with Crippen molar-refractivity contribution in [1.29, 1.82) is 0 Å². The fraction of sp³-hybridized carbons (Fsp3) is 0.700. The average molecular weight is 252 g/mol. The molecule has 0 fully saturated rings. The summed E-state index contributed by atoms with van der Waals surface area (Å²) < 4.78 is 0. The van der Waals surface area contributed by atoms with Gasteiger partial charge in [-0.3, -0.25) is 4.98 Å². The molecule has 0 aromatic carbocycles. The predicted molar refractivity (Wildman–Crippen MR) is 64.5 cm³/mol. The maximum Gasteiger partial charge on any atom is 0.0794 e. The first-order valence-corrected chi connectivity index (χ1v) is 6.59. The Bertz CT molecular complexity index is 255. The van der Waals surface area contributed by atoms with Crippen molar-refractivity contribution in [3.63, 3.8) is 0 Å². The molecule has 0 atom stereocenters. The third kappa shape index (κ3) is 2.62. The van der Waals surface area contributed by atoms with Gasteiger partial charge in [0.15, 0.2) is 0 Å². The van der Waals surface area contributed by atoms with Crippen molar-refractivity contribution in [2.75, 3.05) is 11.8 Å². The van der Waals surface area contributed by atoms with Crippen LogP contribution in [0, 0.1) is 11.3 Å². The molecule has 0 aliphatic heterocycles. The highest BCUT2D eigenvalue weighted by Gasteiger charge is 2.32. The first-order chi connectivity index (χ1) is 6.64. The van der Waals surface area contributed by atoms with Crippen LogP contribution in [0.4, 0.5) is 0 Å². The molecular formula is C10H15Cl2NS. The minimum absolute atomic E-state index is 0.00957. The van der Waals surface area contributed by atoms with Crippen molar-refractivity contribution in [2.24, 2.45) is 11.3 Å². The molecule has 1 nitrogen and oxygen atoms in total. The summed E-state index contributed by atoms with van der Waals surface area (Å²) in [6, 6.07) is 0. The Balaban J connectivity index is 2.78. The molecule has 0 bridgehead atoms. The zero-order valence-electron chi connectivity index (χ0n) is 8.46. The highest BCUT2D eigenvalue weighted by Crippen LogP contribution is 2.35. The van der Waals surface area contributed by atoms with E-state index >= 15 is 0 Å². The molecular weight excluding hydrogens is 237 g/mol. The lowest BCUT2D eigenvalue weighted by atomic mass is 9.77. The maximum atomic E-state index is 6.04. The van der Waals surface area contributed by atoms with Gasteiger partial charge < -0.3 is 0 Å². The van der Waals surface area contributed by atoms with E-state index in [2.05, 4.69) is 18.8 Å². The molecule has 0 spiro atoms. The minimum Gasteiger partial charge on any atom is -0.253 e. The second-order valence-corrected chi connectivity index (χ2v) is 5.43. The molecule has 0 unspecified atom stereocenters. The Hall–Kier alpha value is 0.210. The van der Waals surface area contributed by atoms with E-state index < -0.39 is 0 Å². The lowest BCUT2D eigenvalue weighted by Gasteiger charge is -2.33. The summed E-state index contributed by atoms with van der Waals surface area (Å²) >= 11 is 13.7. The van der Waals surface area contributed by atoms with Crippen LogP contribution in [-0.4, -0.2) is 16.7 Å². The molecule has 0 N–H and O–H groups in total. The molecule has 1 heterocycles. The van der Waals surface area contributed by atoms with Gasteiger partial charge in [0.1, 0.15) is 0 Å². The van der Waals surface area contributed by atoms with Gasteiger partial charge in [-0.05, 0) is 12.3 Å². The number of thiazole rings is 1. The fourth-order valence-corrected chi connectivity index (χ4v) is 3.16. The zero-order valence-corrected chi connectivity index (χ0v) is 10.8. The van der Waals surface area contributed by atoms with Crippen LogP contribution in [-0.2, 0) is 6.42 Å². The molecule has 1 aromatic rings. The molecule has 0 aliphatic carbocycles.